The molecule has 0 saturated carbocycles. The van der Waals surface area contributed by atoms with E-state index in [1.807, 2.05) is 6.21 Å². The Bertz CT molecular complexity index is 374. The number of nitrogens with zero attached hydrogens (tertiary/aromatic N) is 2. The van der Waals surface area contributed by atoms with Crippen LogP contribution in [0.1, 0.15) is 32.6 Å². The zero-order valence-electron chi connectivity index (χ0n) is 10.0. The van der Waals surface area contributed by atoms with Crippen LogP contribution in [0.15, 0.2) is 15.6 Å². The highest BCUT2D eigenvalue weighted by Crippen LogP contribution is 2.52. The summed E-state index contributed by atoms with van der Waals surface area (Å²) in [6, 6.07) is 0.675. The molecule has 0 aromatic carbocycles. The lowest BCUT2D eigenvalue weighted by Crippen LogP contribution is -2.53. The van der Waals surface area contributed by atoms with E-state index in [9.17, 15) is 0 Å². The lowest BCUT2D eigenvalue weighted by atomic mass is 9.69. The molecule has 3 unspecified atom stereocenters. The molecule has 2 heterocycles. The summed E-state index contributed by atoms with van der Waals surface area (Å²) in [7, 11) is 2.26. The fraction of sp³-hybridized carbons (Fsp3) is 0.769. The summed E-state index contributed by atoms with van der Waals surface area (Å²) < 4.78 is 0. The van der Waals surface area contributed by atoms with Crippen molar-refractivity contribution in [3.8, 4) is 0 Å². The lowest BCUT2D eigenvalue weighted by molar-refractivity contribution is 0.129. The van der Waals surface area contributed by atoms with Gasteiger partial charge in [0.25, 0.3) is 0 Å². The lowest BCUT2D eigenvalue weighted by Gasteiger charge is -2.47. The van der Waals surface area contributed by atoms with Gasteiger partial charge in [-0.2, -0.15) is 0 Å². The quantitative estimate of drug-likeness (QED) is 0.634. The van der Waals surface area contributed by atoms with Gasteiger partial charge in [0.15, 0.2) is 0 Å². The summed E-state index contributed by atoms with van der Waals surface area (Å²) in [5, 5.41) is 1.06. The van der Waals surface area contributed by atoms with Crippen LogP contribution in [0.2, 0.25) is 0 Å². The van der Waals surface area contributed by atoms with E-state index in [2.05, 4.69) is 23.9 Å². The molecule has 1 aliphatic carbocycles. The molecule has 3 atom stereocenters. The molecular formula is C13H19ClN2. The molecule has 16 heavy (non-hydrogen) atoms. The molecule has 2 aliphatic heterocycles. The molecule has 1 saturated heterocycles. The summed E-state index contributed by atoms with van der Waals surface area (Å²) in [5.74, 6) is 0.789. The van der Waals surface area contributed by atoms with Crippen molar-refractivity contribution in [2.24, 2.45) is 10.9 Å². The molecule has 3 rings (SSSR count). The standard InChI is InChI=1S/C13H19ClN2/c1-9-7-10-3-4-12(14)11-8-15-6-5-13(10,11)16(9)2/h8-10H,3-7H2,1-2H3. The van der Waals surface area contributed by atoms with Crippen molar-refractivity contribution in [1.29, 1.82) is 0 Å². The number of likely N-dealkylation sites (N-methyl/N-ethyl adjacent to an activating group) is 1. The highest BCUT2D eigenvalue weighted by atomic mass is 35.5. The van der Waals surface area contributed by atoms with Gasteiger partial charge in [-0.1, -0.05) is 11.6 Å². The minimum atomic E-state index is 0.219. The Morgan fingerprint density at radius 2 is 2.38 bits per heavy atom. The van der Waals surface area contributed by atoms with Gasteiger partial charge in [0.2, 0.25) is 0 Å². The molecule has 1 fully saturated rings. The topological polar surface area (TPSA) is 15.6 Å². The molecular weight excluding hydrogens is 220 g/mol. The van der Waals surface area contributed by atoms with Crippen LogP contribution in [-0.2, 0) is 0 Å². The van der Waals surface area contributed by atoms with E-state index in [0.29, 0.717) is 6.04 Å². The van der Waals surface area contributed by atoms with E-state index in [-0.39, 0.29) is 5.54 Å². The second-order valence-corrected chi connectivity index (χ2v) is 5.92. The largest absolute Gasteiger partial charge is 0.293 e. The van der Waals surface area contributed by atoms with E-state index in [1.54, 1.807) is 0 Å². The van der Waals surface area contributed by atoms with Gasteiger partial charge in [-0.3, -0.25) is 9.89 Å². The molecule has 0 aromatic rings. The predicted octanol–water partition coefficient (Wildman–Crippen LogP) is 2.83. The van der Waals surface area contributed by atoms with Crippen LogP contribution >= 0.6 is 11.6 Å². The van der Waals surface area contributed by atoms with Gasteiger partial charge in [0, 0.05) is 29.4 Å². The van der Waals surface area contributed by atoms with Crippen LogP contribution < -0.4 is 0 Å². The molecule has 3 aliphatic rings. The minimum absolute atomic E-state index is 0.219. The third-order valence-electron chi connectivity index (χ3n) is 4.90. The number of rotatable bonds is 0. The number of halogens is 1. The molecule has 3 heteroatoms. The first kappa shape index (κ1) is 10.8. The number of hydrogen-bond acceptors (Lipinski definition) is 2. The Kier molecular flexibility index (Phi) is 2.41. The van der Waals surface area contributed by atoms with Crippen LogP contribution in [0.4, 0.5) is 0 Å². The van der Waals surface area contributed by atoms with Crippen molar-refractivity contribution in [1.82, 2.24) is 4.90 Å². The predicted molar refractivity (Wildman–Crippen MR) is 68.2 cm³/mol. The van der Waals surface area contributed by atoms with Gasteiger partial charge in [-0.15, -0.1) is 0 Å². The molecule has 0 N–H and O–H groups in total. The average Bonchev–Trinajstić information content (AvgIpc) is 2.54. The SMILES string of the molecule is CC1CC2CCC(Cl)=C3C=NCCC32N1C. The first-order chi connectivity index (χ1) is 7.66. The molecule has 2 nitrogen and oxygen atoms in total. The van der Waals surface area contributed by atoms with Gasteiger partial charge in [0.1, 0.15) is 0 Å². The highest BCUT2D eigenvalue weighted by molar-refractivity contribution is 6.31. The summed E-state index contributed by atoms with van der Waals surface area (Å²) >= 11 is 6.43. The summed E-state index contributed by atoms with van der Waals surface area (Å²) in [6.45, 7) is 3.30. The smallest absolute Gasteiger partial charge is 0.0533 e. The van der Waals surface area contributed by atoms with Crippen LogP contribution in [0.5, 0.6) is 0 Å². The van der Waals surface area contributed by atoms with Crippen molar-refractivity contribution < 1.29 is 0 Å². The second-order valence-electron chi connectivity index (χ2n) is 5.46. The Hall–Kier alpha value is -0.340. The Labute approximate surface area is 102 Å². The monoisotopic (exact) mass is 238 g/mol. The van der Waals surface area contributed by atoms with Gasteiger partial charge in [-0.05, 0) is 45.6 Å². The van der Waals surface area contributed by atoms with Crippen molar-refractivity contribution in [2.45, 2.75) is 44.2 Å². The van der Waals surface area contributed by atoms with Crippen LogP contribution in [0.25, 0.3) is 0 Å². The maximum Gasteiger partial charge on any atom is 0.0533 e. The second kappa shape index (κ2) is 3.58. The summed E-state index contributed by atoms with van der Waals surface area (Å²) in [6.07, 6.45) is 6.83. The Balaban J connectivity index is 2.14. The Morgan fingerprint density at radius 1 is 1.56 bits per heavy atom. The van der Waals surface area contributed by atoms with Crippen molar-refractivity contribution in [3.05, 3.63) is 10.6 Å². The summed E-state index contributed by atoms with van der Waals surface area (Å²) in [5.41, 5.74) is 1.54. The molecule has 0 bridgehead atoms. The van der Waals surface area contributed by atoms with Crippen LogP contribution in [0.3, 0.4) is 0 Å². The molecule has 0 aromatic heterocycles. The fourth-order valence-electron chi connectivity index (χ4n) is 3.97. The molecule has 0 amide bonds. The number of likely N-dealkylation sites (tertiary alicyclic amines) is 1. The fourth-order valence-corrected chi connectivity index (χ4v) is 4.29. The number of allylic oxidation sites excluding steroid dienone is 1. The zero-order chi connectivity index (χ0) is 11.3. The Morgan fingerprint density at radius 3 is 3.19 bits per heavy atom. The van der Waals surface area contributed by atoms with E-state index in [1.165, 1.54) is 18.4 Å². The van der Waals surface area contributed by atoms with E-state index in [0.717, 1.165) is 30.3 Å². The van der Waals surface area contributed by atoms with Crippen molar-refractivity contribution in [2.75, 3.05) is 13.6 Å². The maximum absolute atomic E-state index is 6.43. The third kappa shape index (κ3) is 1.20. The first-order valence-corrected chi connectivity index (χ1v) is 6.66. The van der Waals surface area contributed by atoms with Gasteiger partial charge < -0.3 is 0 Å². The van der Waals surface area contributed by atoms with Gasteiger partial charge in [-0.25, -0.2) is 0 Å². The normalized spacial score (nSPS) is 43.4. The summed E-state index contributed by atoms with van der Waals surface area (Å²) in [4.78, 5) is 6.99. The third-order valence-corrected chi connectivity index (χ3v) is 5.30. The first-order valence-electron chi connectivity index (χ1n) is 6.28. The number of hydrogen-bond donors (Lipinski definition) is 0. The van der Waals surface area contributed by atoms with E-state index < -0.39 is 0 Å². The van der Waals surface area contributed by atoms with Gasteiger partial charge in [0.05, 0.1) is 5.54 Å². The highest BCUT2D eigenvalue weighted by Gasteiger charge is 2.54. The molecule has 0 radical (unpaired) electrons. The zero-order valence-corrected chi connectivity index (χ0v) is 10.8. The van der Waals surface area contributed by atoms with E-state index >= 15 is 0 Å². The minimum Gasteiger partial charge on any atom is -0.293 e. The molecule has 88 valence electrons. The maximum atomic E-state index is 6.43. The molecule has 1 spiro atoms. The number of aliphatic imine (C=N–C) groups is 1. The van der Waals surface area contributed by atoms with Crippen molar-refractivity contribution >= 4 is 17.8 Å². The van der Waals surface area contributed by atoms with Crippen molar-refractivity contribution in [3.63, 3.8) is 0 Å². The van der Waals surface area contributed by atoms with Crippen LogP contribution in [0, 0.1) is 5.92 Å². The van der Waals surface area contributed by atoms with Crippen LogP contribution in [-0.4, -0.2) is 36.3 Å². The average molecular weight is 239 g/mol. The van der Waals surface area contributed by atoms with E-state index in [4.69, 9.17) is 11.6 Å². The van der Waals surface area contributed by atoms with Gasteiger partial charge >= 0.3 is 0 Å².